The Morgan fingerprint density at radius 3 is 2.32 bits per heavy atom. The summed E-state index contributed by atoms with van der Waals surface area (Å²) < 4.78 is 30.3. The monoisotopic (exact) mass is 389 g/mol. The zero-order chi connectivity index (χ0) is 19.3. The minimum Gasteiger partial charge on any atom is -0.300 e. The highest BCUT2D eigenvalue weighted by atomic mass is 32.2. The Kier molecular flexibility index (Phi) is 3.77. The van der Waals surface area contributed by atoms with Crippen molar-refractivity contribution in [1.29, 1.82) is 0 Å². The van der Waals surface area contributed by atoms with Crippen LogP contribution >= 0.6 is 0 Å². The van der Waals surface area contributed by atoms with Gasteiger partial charge in [0.05, 0.1) is 28.5 Å². The van der Waals surface area contributed by atoms with Crippen molar-refractivity contribution in [1.82, 2.24) is 9.55 Å². The third-order valence-electron chi connectivity index (χ3n) is 5.24. The van der Waals surface area contributed by atoms with Crippen molar-refractivity contribution in [3.05, 3.63) is 90.0 Å². The third-order valence-corrected chi connectivity index (χ3v) is 7.00. The fourth-order valence-corrected chi connectivity index (χ4v) is 5.22. The molecule has 0 fully saturated rings. The smallest absolute Gasteiger partial charge is 0.266 e. The van der Waals surface area contributed by atoms with E-state index in [-0.39, 0.29) is 10.9 Å². The molecule has 0 amide bonds. The summed E-state index contributed by atoms with van der Waals surface area (Å²) in [6.45, 7) is 2.27. The van der Waals surface area contributed by atoms with Crippen molar-refractivity contribution >= 4 is 27.0 Å². The van der Waals surface area contributed by atoms with E-state index in [1.54, 1.807) is 12.1 Å². The Morgan fingerprint density at radius 1 is 0.893 bits per heavy atom. The Labute approximate surface area is 163 Å². The highest BCUT2D eigenvalue weighted by molar-refractivity contribution is 7.92. The second-order valence-electron chi connectivity index (χ2n) is 7.05. The van der Waals surface area contributed by atoms with Crippen LogP contribution in [0.1, 0.15) is 17.2 Å². The lowest BCUT2D eigenvalue weighted by molar-refractivity contribution is 0.589. The Bertz CT molecular complexity index is 1260. The van der Waals surface area contributed by atoms with Crippen molar-refractivity contribution in [2.24, 2.45) is 0 Å². The number of para-hydroxylation sites is 2. The number of hydrogen-bond acceptors (Lipinski definition) is 3. The van der Waals surface area contributed by atoms with Gasteiger partial charge in [0.2, 0.25) is 5.95 Å². The number of nitrogens with zero attached hydrogens (tertiary/aromatic N) is 3. The van der Waals surface area contributed by atoms with Gasteiger partial charge >= 0.3 is 0 Å². The van der Waals surface area contributed by atoms with Crippen LogP contribution in [0.2, 0.25) is 0 Å². The molecule has 0 spiro atoms. The zero-order valence-electron chi connectivity index (χ0n) is 15.4. The summed E-state index contributed by atoms with van der Waals surface area (Å²) >= 11 is 0. The summed E-state index contributed by atoms with van der Waals surface area (Å²) in [5, 5.41) is 0. The maximum Gasteiger partial charge on any atom is 0.266 e. The van der Waals surface area contributed by atoms with Gasteiger partial charge in [0, 0.05) is 0 Å². The molecule has 6 heteroatoms. The van der Waals surface area contributed by atoms with Gasteiger partial charge in [0.1, 0.15) is 0 Å². The fourth-order valence-electron chi connectivity index (χ4n) is 3.81. The predicted octanol–water partition coefficient (Wildman–Crippen LogP) is 4.14. The number of sulfonamides is 1. The quantitative estimate of drug-likeness (QED) is 0.529. The van der Waals surface area contributed by atoms with Crippen LogP contribution in [0.25, 0.3) is 11.0 Å². The lowest BCUT2D eigenvalue weighted by Crippen LogP contribution is -2.30. The van der Waals surface area contributed by atoms with Gasteiger partial charge in [-0.2, -0.15) is 0 Å². The lowest BCUT2D eigenvalue weighted by atomic mass is 10.1. The molecule has 1 aromatic heterocycles. The first-order chi connectivity index (χ1) is 13.6. The molecule has 28 heavy (non-hydrogen) atoms. The molecule has 0 saturated heterocycles. The molecule has 1 atom stereocenters. The van der Waals surface area contributed by atoms with E-state index in [2.05, 4.69) is 4.98 Å². The molecular formula is C22H19N3O2S. The minimum atomic E-state index is -3.71. The SMILES string of the molecule is Cc1ccc(S(=O)(=O)N2C[C@H](c3ccccc3)n3c2nc2ccccc23)cc1. The summed E-state index contributed by atoms with van der Waals surface area (Å²) in [5.74, 6) is 0.468. The molecule has 140 valence electrons. The molecule has 0 saturated carbocycles. The molecular weight excluding hydrogens is 370 g/mol. The van der Waals surface area contributed by atoms with E-state index in [0.29, 0.717) is 12.5 Å². The van der Waals surface area contributed by atoms with Crippen LogP contribution in [-0.2, 0) is 10.0 Å². The van der Waals surface area contributed by atoms with E-state index in [0.717, 1.165) is 22.2 Å². The van der Waals surface area contributed by atoms with Crippen LogP contribution in [-0.4, -0.2) is 24.5 Å². The van der Waals surface area contributed by atoms with Crippen molar-refractivity contribution in [3.8, 4) is 0 Å². The summed E-state index contributed by atoms with van der Waals surface area (Å²) in [5.41, 5.74) is 3.82. The van der Waals surface area contributed by atoms with Gasteiger partial charge in [0.25, 0.3) is 10.0 Å². The van der Waals surface area contributed by atoms with Crippen LogP contribution in [0.15, 0.2) is 83.8 Å². The molecule has 0 aliphatic carbocycles. The van der Waals surface area contributed by atoms with Gasteiger partial charge < -0.3 is 0 Å². The van der Waals surface area contributed by atoms with Gasteiger partial charge in [-0.15, -0.1) is 0 Å². The fraction of sp³-hybridized carbons (Fsp3) is 0.136. The molecule has 4 aromatic rings. The average molecular weight is 389 g/mol. The van der Waals surface area contributed by atoms with Crippen molar-refractivity contribution in [2.75, 3.05) is 10.8 Å². The number of hydrogen-bond donors (Lipinski definition) is 0. The predicted molar refractivity (Wildman–Crippen MR) is 110 cm³/mol. The van der Waals surface area contributed by atoms with E-state index >= 15 is 0 Å². The van der Waals surface area contributed by atoms with Gasteiger partial charge in [-0.25, -0.2) is 17.7 Å². The Morgan fingerprint density at radius 2 is 1.57 bits per heavy atom. The number of benzene rings is 3. The maximum absolute atomic E-state index is 13.4. The number of anilines is 1. The van der Waals surface area contributed by atoms with Crippen LogP contribution < -0.4 is 4.31 Å². The first kappa shape index (κ1) is 17.0. The molecule has 0 N–H and O–H groups in total. The maximum atomic E-state index is 13.4. The van der Waals surface area contributed by atoms with Crippen molar-refractivity contribution in [2.45, 2.75) is 17.9 Å². The van der Waals surface area contributed by atoms with Gasteiger partial charge in [0.15, 0.2) is 0 Å². The third kappa shape index (κ3) is 2.52. The molecule has 1 aliphatic heterocycles. The topological polar surface area (TPSA) is 55.2 Å². The Hall–Kier alpha value is -3.12. The van der Waals surface area contributed by atoms with Crippen LogP contribution in [0, 0.1) is 6.92 Å². The first-order valence-electron chi connectivity index (χ1n) is 9.17. The number of rotatable bonds is 3. The molecule has 0 radical (unpaired) electrons. The normalized spacial score (nSPS) is 16.5. The van der Waals surface area contributed by atoms with E-state index in [4.69, 9.17) is 0 Å². The Balaban J connectivity index is 1.71. The summed E-state index contributed by atoms with van der Waals surface area (Å²) in [4.78, 5) is 4.95. The van der Waals surface area contributed by atoms with E-state index in [1.165, 1.54) is 4.31 Å². The summed E-state index contributed by atoms with van der Waals surface area (Å²) in [7, 11) is -3.71. The van der Waals surface area contributed by atoms with E-state index in [1.807, 2.05) is 78.2 Å². The second kappa shape index (κ2) is 6.21. The molecule has 0 bridgehead atoms. The van der Waals surface area contributed by atoms with Gasteiger partial charge in [-0.05, 0) is 36.8 Å². The van der Waals surface area contributed by atoms with Crippen LogP contribution in [0.5, 0.6) is 0 Å². The van der Waals surface area contributed by atoms with Crippen LogP contribution in [0.3, 0.4) is 0 Å². The highest BCUT2D eigenvalue weighted by Gasteiger charge is 2.39. The zero-order valence-corrected chi connectivity index (χ0v) is 16.2. The lowest BCUT2D eigenvalue weighted by Gasteiger charge is -2.18. The van der Waals surface area contributed by atoms with E-state index in [9.17, 15) is 8.42 Å². The summed E-state index contributed by atoms with van der Waals surface area (Å²) in [6.07, 6.45) is 0. The molecule has 3 aromatic carbocycles. The summed E-state index contributed by atoms with van der Waals surface area (Å²) in [6, 6.07) is 24.6. The minimum absolute atomic E-state index is 0.121. The highest BCUT2D eigenvalue weighted by Crippen LogP contribution is 2.39. The van der Waals surface area contributed by atoms with E-state index < -0.39 is 10.0 Å². The molecule has 0 unspecified atom stereocenters. The number of fused-ring (bicyclic) bond motifs is 3. The number of aromatic nitrogens is 2. The van der Waals surface area contributed by atoms with Crippen LogP contribution in [0.4, 0.5) is 5.95 Å². The molecule has 5 rings (SSSR count). The van der Waals surface area contributed by atoms with Crippen molar-refractivity contribution in [3.63, 3.8) is 0 Å². The molecule has 5 nitrogen and oxygen atoms in total. The first-order valence-corrected chi connectivity index (χ1v) is 10.6. The average Bonchev–Trinajstić information content (AvgIpc) is 3.26. The van der Waals surface area contributed by atoms with Gasteiger partial charge in [-0.1, -0.05) is 60.2 Å². The largest absolute Gasteiger partial charge is 0.300 e. The molecule has 1 aliphatic rings. The standard InChI is InChI=1S/C22H19N3O2S/c1-16-11-13-18(14-12-16)28(26,27)24-15-21(17-7-3-2-4-8-17)25-20-10-6-5-9-19(20)23-22(24)25/h2-14,21H,15H2,1H3/t21-/m1/s1. The van der Waals surface area contributed by atoms with Crippen molar-refractivity contribution < 1.29 is 8.42 Å². The molecule has 2 heterocycles. The van der Waals surface area contributed by atoms with Gasteiger partial charge in [-0.3, -0.25) is 4.57 Å². The number of imidazole rings is 1. The number of aryl methyl sites for hydroxylation is 1. The second-order valence-corrected chi connectivity index (χ2v) is 8.91.